The van der Waals surface area contributed by atoms with Crippen LogP contribution in [-0.2, 0) is 0 Å². The van der Waals surface area contributed by atoms with Crippen molar-refractivity contribution in [2.24, 2.45) is 0 Å². The van der Waals surface area contributed by atoms with E-state index in [-0.39, 0.29) is 0 Å². The molecule has 12 heavy (non-hydrogen) atoms. The third-order valence-corrected chi connectivity index (χ3v) is 3.05. The van der Waals surface area contributed by atoms with Crippen LogP contribution in [0.15, 0.2) is 12.2 Å². The fraction of sp³-hybridized carbons (Fsp3) is 0.800. The number of nitrogens with zero attached hydrogens (tertiary/aromatic N) is 1. The van der Waals surface area contributed by atoms with E-state index in [1.54, 1.807) is 0 Å². The molecule has 1 nitrogen and oxygen atoms in total. The van der Waals surface area contributed by atoms with Crippen LogP contribution in [0.25, 0.3) is 0 Å². The lowest BCUT2D eigenvalue weighted by Crippen LogP contribution is -2.39. The van der Waals surface area contributed by atoms with Crippen LogP contribution in [0.3, 0.4) is 0 Å². The summed E-state index contributed by atoms with van der Waals surface area (Å²) in [5, 5.41) is 0. The van der Waals surface area contributed by atoms with Crippen molar-refractivity contribution in [2.75, 3.05) is 19.0 Å². The molecule has 0 spiro atoms. The topological polar surface area (TPSA) is 3.24 Å². The zero-order valence-electron chi connectivity index (χ0n) is 8.07. The Labute approximate surface area is 80.4 Å². The molecule has 1 aliphatic heterocycles. The highest BCUT2D eigenvalue weighted by molar-refractivity contribution is 6.19. The summed E-state index contributed by atoms with van der Waals surface area (Å²) in [6.45, 7) is 10.7. The standard InChI is InChI=1S/C10H18ClN/c1-9(7-11)8-12-6-4-5-10(12,2)3/h1,4-8H2,2-3H3. The number of rotatable bonds is 3. The predicted octanol–water partition coefficient (Wildman–Crippen LogP) is 2.66. The van der Waals surface area contributed by atoms with Crippen LogP contribution >= 0.6 is 11.6 Å². The minimum absolute atomic E-state index is 0.356. The second kappa shape index (κ2) is 3.80. The van der Waals surface area contributed by atoms with E-state index in [0.717, 1.165) is 12.1 Å². The Kier molecular flexibility index (Phi) is 3.19. The second-order valence-corrected chi connectivity index (χ2v) is 4.49. The van der Waals surface area contributed by atoms with Crippen molar-refractivity contribution in [1.29, 1.82) is 0 Å². The summed E-state index contributed by atoms with van der Waals surface area (Å²) in [7, 11) is 0. The van der Waals surface area contributed by atoms with Crippen molar-refractivity contribution in [3.05, 3.63) is 12.2 Å². The zero-order chi connectivity index (χ0) is 9.19. The summed E-state index contributed by atoms with van der Waals surface area (Å²) in [5.74, 6) is 0.590. The first kappa shape index (κ1) is 10.1. The highest BCUT2D eigenvalue weighted by atomic mass is 35.5. The summed E-state index contributed by atoms with van der Waals surface area (Å²) < 4.78 is 0. The first-order valence-electron chi connectivity index (χ1n) is 4.54. The molecule has 0 aromatic rings. The smallest absolute Gasteiger partial charge is 0.0443 e. The first-order chi connectivity index (χ1) is 5.56. The zero-order valence-corrected chi connectivity index (χ0v) is 8.82. The maximum absolute atomic E-state index is 5.70. The number of hydrogen-bond acceptors (Lipinski definition) is 1. The molecule has 1 rings (SSSR count). The molecule has 1 aliphatic rings. The molecule has 70 valence electrons. The molecule has 0 radical (unpaired) electrons. The van der Waals surface area contributed by atoms with Gasteiger partial charge in [0.2, 0.25) is 0 Å². The van der Waals surface area contributed by atoms with Crippen LogP contribution in [-0.4, -0.2) is 29.4 Å². The van der Waals surface area contributed by atoms with Gasteiger partial charge in [-0.1, -0.05) is 6.58 Å². The first-order valence-corrected chi connectivity index (χ1v) is 5.07. The lowest BCUT2D eigenvalue weighted by Gasteiger charge is -2.31. The van der Waals surface area contributed by atoms with Crippen molar-refractivity contribution < 1.29 is 0 Å². The van der Waals surface area contributed by atoms with Gasteiger partial charge in [0.25, 0.3) is 0 Å². The van der Waals surface area contributed by atoms with Crippen molar-refractivity contribution in [3.8, 4) is 0 Å². The van der Waals surface area contributed by atoms with E-state index >= 15 is 0 Å². The SMILES string of the molecule is C=C(CCl)CN1CCCC1(C)C. The molecule has 0 aromatic heterocycles. The Balaban J connectivity index is 2.47. The maximum atomic E-state index is 5.70. The summed E-state index contributed by atoms with van der Waals surface area (Å²) in [5.41, 5.74) is 1.49. The van der Waals surface area contributed by atoms with Crippen LogP contribution in [0.4, 0.5) is 0 Å². The normalized spacial score (nSPS) is 22.9. The van der Waals surface area contributed by atoms with Crippen LogP contribution < -0.4 is 0 Å². The molecule has 0 unspecified atom stereocenters. The van der Waals surface area contributed by atoms with E-state index in [4.69, 9.17) is 11.6 Å². The molecule has 0 N–H and O–H groups in total. The molecule has 1 fully saturated rings. The number of likely N-dealkylation sites (tertiary alicyclic amines) is 1. The van der Waals surface area contributed by atoms with Gasteiger partial charge in [-0.2, -0.15) is 0 Å². The van der Waals surface area contributed by atoms with Crippen LogP contribution in [0, 0.1) is 0 Å². The van der Waals surface area contributed by atoms with E-state index in [0.29, 0.717) is 11.4 Å². The minimum Gasteiger partial charge on any atom is -0.294 e. The number of alkyl halides is 1. The summed E-state index contributed by atoms with van der Waals surface area (Å²) in [6.07, 6.45) is 2.60. The molecule has 0 amide bonds. The molecule has 0 saturated carbocycles. The highest BCUT2D eigenvalue weighted by Gasteiger charge is 2.31. The lowest BCUT2D eigenvalue weighted by atomic mass is 10.0. The summed E-state index contributed by atoms with van der Waals surface area (Å²) >= 11 is 5.70. The average molecular weight is 188 g/mol. The number of halogens is 1. The Morgan fingerprint density at radius 1 is 1.58 bits per heavy atom. The summed E-state index contributed by atoms with van der Waals surface area (Å²) in [4.78, 5) is 2.47. The maximum Gasteiger partial charge on any atom is 0.0443 e. The van der Waals surface area contributed by atoms with Gasteiger partial charge in [0, 0.05) is 18.0 Å². The molecule has 0 aliphatic carbocycles. The van der Waals surface area contributed by atoms with Gasteiger partial charge < -0.3 is 0 Å². The highest BCUT2D eigenvalue weighted by Crippen LogP contribution is 2.28. The minimum atomic E-state index is 0.356. The largest absolute Gasteiger partial charge is 0.294 e. The fourth-order valence-corrected chi connectivity index (χ4v) is 1.85. The Morgan fingerprint density at radius 2 is 2.25 bits per heavy atom. The van der Waals surface area contributed by atoms with Gasteiger partial charge in [0.15, 0.2) is 0 Å². The average Bonchev–Trinajstić information content (AvgIpc) is 2.31. The van der Waals surface area contributed by atoms with Crippen LogP contribution in [0.1, 0.15) is 26.7 Å². The Bertz CT molecular complexity index is 175. The van der Waals surface area contributed by atoms with E-state index in [1.165, 1.54) is 19.4 Å². The quantitative estimate of drug-likeness (QED) is 0.485. The van der Waals surface area contributed by atoms with E-state index < -0.39 is 0 Å². The molecule has 2 heteroatoms. The lowest BCUT2D eigenvalue weighted by molar-refractivity contribution is 0.191. The Hall–Kier alpha value is -0.0100. The van der Waals surface area contributed by atoms with Crippen LogP contribution in [0.5, 0.6) is 0 Å². The van der Waals surface area contributed by atoms with Gasteiger partial charge in [-0.15, -0.1) is 11.6 Å². The van der Waals surface area contributed by atoms with E-state index in [9.17, 15) is 0 Å². The Morgan fingerprint density at radius 3 is 2.67 bits per heavy atom. The monoisotopic (exact) mass is 187 g/mol. The molecular weight excluding hydrogens is 170 g/mol. The van der Waals surface area contributed by atoms with Crippen LogP contribution in [0.2, 0.25) is 0 Å². The van der Waals surface area contributed by atoms with Gasteiger partial charge >= 0.3 is 0 Å². The van der Waals surface area contributed by atoms with Gasteiger partial charge in [-0.25, -0.2) is 0 Å². The van der Waals surface area contributed by atoms with Gasteiger partial charge in [0.05, 0.1) is 0 Å². The predicted molar refractivity (Wildman–Crippen MR) is 54.7 cm³/mol. The van der Waals surface area contributed by atoms with Crippen molar-refractivity contribution >= 4 is 11.6 Å². The van der Waals surface area contributed by atoms with E-state index in [2.05, 4.69) is 25.3 Å². The third kappa shape index (κ3) is 2.24. The third-order valence-electron chi connectivity index (χ3n) is 2.68. The van der Waals surface area contributed by atoms with Gasteiger partial charge in [-0.3, -0.25) is 4.90 Å². The van der Waals surface area contributed by atoms with Gasteiger partial charge in [0.1, 0.15) is 0 Å². The summed E-state index contributed by atoms with van der Waals surface area (Å²) in [6, 6.07) is 0. The van der Waals surface area contributed by atoms with Gasteiger partial charge in [-0.05, 0) is 38.8 Å². The van der Waals surface area contributed by atoms with E-state index in [1.807, 2.05) is 0 Å². The molecule has 1 saturated heterocycles. The molecular formula is C10H18ClN. The molecule has 0 atom stereocenters. The fourth-order valence-electron chi connectivity index (χ4n) is 1.77. The second-order valence-electron chi connectivity index (χ2n) is 4.22. The molecule has 0 bridgehead atoms. The van der Waals surface area contributed by atoms with Crippen molar-refractivity contribution in [3.63, 3.8) is 0 Å². The van der Waals surface area contributed by atoms with Crippen molar-refractivity contribution in [1.82, 2.24) is 4.90 Å². The van der Waals surface area contributed by atoms with Crippen molar-refractivity contribution in [2.45, 2.75) is 32.2 Å². The molecule has 1 heterocycles. The number of hydrogen-bond donors (Lipinski definition) is 0. The molecule has 0 aromatic carbocycles.